The molecule has 2 aliphatic rings. The molecule has 11 heteroatoms. The average molecular weight is 435 g/mol. The molecule has 10 nitrogen and oxygen atoms in total. The van der Waals surface area contributed by atoms with Gasteiger partial charge in [-0.25, -0.2) is 13.1 Å². The SMILES string of the molecule is CC1CCC(NS(=O)(=O)c2ccc(NCc3nncn3C3CC3)c([N+](=O)[O-])c2)CC1. The number of nitro groups is 1. The van der Waals surface area contributed by atoms with Crippen LogP contribution in [0.5, 0.6) is 0 Å². The number of anilines is 1. The molecule has 2 aliphatic carbocycles. The summed E-state index contributed by atoms with van der Waals surface area (Å²) in [6.45, 7) is 2.43. The van der Waals surface area contributed by atoms with Crippen LogP contribution in [0.2, 0.25) is 0 Å². The molecule has 1 aromatic carbocycles. The first kappa shape index (κ1) is 20.7. The number of nitro benzene ring substituents is 1. The highest BCUT2D eigenvalue weighted by Crippen LogP contribution is 2.35. The largest absolute Gasteiger partial charge is 0.372 e. The number of nitrogens with zero attached hydrogens (tertiary/aromatic N) is 4. The molecule has 4 rings (SSSR count). The zero-order valence-electron chi connectivity index (χ0n) is 16.8. The van der Waals surface area contributed by atoms with Gasteiger partial charge in [-0.15, -0.1) is 10.2 Å². The van der Waals surface area contributed by atoms with Crippen LogP contribution in [0.25, 0.3) is 0 Å². The van der Waals surface area contributed by atoms with Crippen molar-refractivity contribution in [1.29, 1.82) is 0 Å². The van der Waals surface area contributed by atoms with E-state index in [0.717, 1.165) is 44.6 Å². The van der Waals surface area contributed by atoms with E-state index in [1.807, 2.05) is 4.57 Å². The maximum Gasteiger partial charge on any atom is 0.293 e. The molecule has 0 radical (unpaired) electrons. The van der Waals surface area contributed by atoms with Crippen LogP contribution in [-0.4, -0.2) is 34.1 Å². The van der Waals surface area contributed by atoms with Crippen LogP contribution in [0.4, 0.5) is 11.4 Å². The molecule has 0 unspecified atom stereocenters. The van der Waals surface area contributed by atoms with Crippen molar-refractivity contribution in [2.45, 2.75) is 69.0 Å². The highest BCUT2D eigenvalue weighted by Gasteiger charge is 2.28. The molecule has 30 heavy (non-hydrogen) atoms. The molecule has 2 N–H and O–H groups in total. The minimum absolute atomic E-state index is 0.0977. The van der Waals surface area contributed by atoms with Crippen LogP contribution in [0.3, 0.4) is 0 Å². The van der Waals surface area contributed by atoms with Crippen LogP contribution in [0, 0.1) is 16.0 Å². The van der Waals surface area contributed by atoms with Crippen molar-refractivity contribution in [3.05, 3.63) is 40.5 Å². The Labute approximate surface area is 175 Å². The van der Waals surface area contributed by atoms with Gasteiger partial charge < -0.3 is 9.88 Å². The second-order valence-electron chi connectivity index (χ2n) is 8.25. The van der Waals surface area contributed by atoms with E-state index < -0.39 is 14.9 Å². The molecule has 0 spiro atoms. The fourth-order valence-corrected chi connectivity index (χ4v) is 5.19. The maximum atomic E-state index is 12.8. The van der Waals surface area contributed by atoms with E-state index >= 15 is 0 Å². The molecular weight excluding hydrogens is 408 g/mol. The summed E-state index contributed by atoms with van der Waals surface area (Å²) in [6, 6.07) is 4.22. The van der Waals surface area contributed by atoms with E-state index in [2.05, 4.69) is 27.2 Å². The Morgan fingerprint density at radius 2 is 1.93 bits per heavy atom. The maximum absolute atomic E-state index is 12.8. The molecule has 162 valence electrons. The molecule has 2 aromatic rings. The third-order valence-electron chi connectivity index (χ3n) is 5.84. The van der Waals surface area contributed by atoms with Crippen molar-refractivity contribution in [3.63, 3.8) is 0 Å². The summed E-state index contributed by atoms with van der Waals surface area (Å²) in [6.07, 6.45) is 7.32. The minimum atomic E-state index is -3.83. The van der Waals surface area contributed by atoms with Gasteiger partial charge in [-0.1, -0.05) is 6.92 Å². The summed E-state index contributed by atoms with van der Waals surface area (Å²) in [5, 5.41) is 22.6. The number of hydrogen-bond donors (Lipinski definition) is 2. The highest BCUT2D eigenvalue weighted by molar-refractivity contribution is 7.89. The minimum Gasteiger partial charge on any atom is -0.372 e. The van der Waals surface area contributed by atoms with Gasteiger partial charge in [0.05, 0.1) is 16.4 Å². The number of nitrogens with one attached hydrogen (secondary N) is 2. The average Bonchev–Trinajstić information content (AvgIpc) is 3.45. The number of hydrogen-bond acceptors (Lipinski definition) is 7. The summed E-state index contributed by atoms with van der Waals surface area (Å²) in [4.78, 5) is 10.9. The van der Waals surface area contributed by atoms with Gasteiger partial charge >= 0.3 is 0 Å². The molecule has 0 atom stereocenters. The molecule has 0 aliphatic heterocycles. The molecule has 0 amide bonds. The number of aromatic nitrogens is 3. The van der Waals surface area contributed by atoms with Gasteiger partial charge in [-0.2, -0.15) is 0 Å². The molecular formula is C19H26N6O4S. The van der Waals surface area contributed by atoms with Gasteiger partial charge in [-0.05, 0) is 56.6 Å². The lowest BCUT2D eigenvalue weighted by molar-refractivity contribution is -0.384. The molecule has 2 saturated carbocycles. The lowest BCUT2D eigenvalue weighted by atomic mass is 9.88. The standard InChI is InChI=1S/C19H26N6O4S/c1-13-2-4-14(5-3-13)23-30(28,29)16-8-9-17(18(10-16)25(26)27)20-11-19-22-21-12-24(19)15-6-7-15/h8-10,12-15,20,23H,2-7,11H2,1H3. The predicted octanol–water partition coefficient (Wildman–Crippen LogP) is 2.99. The molecule has 2 fully saturated rings. The fourth-order valence-electron chi connectivity index (χ4n) is 3.87. The van der Waals surface area contributed by atoms with Gasteiger partial charge in [0.2, 0.25) is 10.0 Å². The van der Waals surface area contributed by atoms with Crippen LogP contribution in [0.1, 0.15) is 57.3 Å². The summed E-state index contributed by atoms with van der Waals surface area (Å²) >= 11 is 0. The zero-order chi connectivity index (χ0) is 21.3. The van der Waals surface area contributed by atoms with E-state index in [1.165, 1.54) is 12.1 Å². The summed E-state index contributed by atoms with van der Waals surface area (Å²) in [5.74, 6) is 1.29. The first-order valence-corrected chi connectivity index (χ1v) is 11.7. The van der Waals surface area contributed by atoms with Gasteiger partial charge in [0.1, 0.15) is 12.0 Å². The summed E-state index contributed by atoms with van der Waals surface area (Å²) in [7, 11) is -3.83. The summed E-state index contributed by atoms with van der Waals surface area (Å²) < 4.78 is 30.2. The van der Waals surface area contributed by atoms with Crippen molar-refractivity contribution >= 4 is 21.4 Å². The Hall–Kier alpha value is -2.53. The topological polar surface area (TPSA) is 132 Å². The Balaban J connectivity index is 1.49. The summed E-state index contributed by atoms with van der Waals surface area (Å²) in [5.41, 5.74) is -0.0385. The van der Waals surface area contributed by atoms with Gasteiger partial charge in [0.25, 0.3) is 5.69 Å². The van der Waals surface area contributed by atoms with Crippen molar-refractivity contribution in [1.82, 2.24) is 19.5 Å². The Kier molecular flexibility index (Phi) is 5.74. The van der Waals surface area contributed by atoms with Crippen molar-refractivity contribution in [2.24, 2.45) is 5.92 Å². The Morgan fingerprint density at radius 3 is 2.60 bits per heavy atom. The van der Waals surface area contributed by atoms with Gasteiger partial charge in [-0.3, -0.25) is 10.1 Å². The Morgan fingerprint density at radius 1 is 1.20 bits per heavy atom. The normalized spacial score (nSPS) is 22.0. The lowest BCUT2D eigenvalue weighted by Gasteiger charge is -2.26. The third kappa shape index (κ3) is 4.62. The second-order valence-corrected chi connectivity index (χ2v) is 9.97. The Bertz CT molecular complexity index is 1030. The van der Waals surface area contributed by atoms with Crippen LogP contribution < -0.4 is 10.0 Å². The van der Waals surface area contributed by atoms with E-state index in [0.29, 0.717) is 17.8 Å². The van der Waals surface area contributed by atoms with Crippen LogP contribution in [-0.2, 0) is 16.6 Å². The predicted molar refractivity (Wildman–Crippen MR) is 110 cm³/mol. The van der Waals surface area contributed by atoms with Gasteiger partial charge in [0.15, 0.2) is 5.82 Å². The number of rotatable bonds is 8. The van der Waals surface area contributed by atoms with E-state index in [9.17, 15) is 18.5 Å². The van der Waals surface area contributed by atoms with E-state index in [1.54, 1.807) is 6.33 Å². The molecule has 0 bridgehead atoms. The molecule has 1 aromatic heterocycles. The van der Waals surface area contributed by atoms with E-state index in [-0.39, 0.29) is 28.9 Å². The van der Waals surface area contributed by atoms with E-state index in [4.69, 9.17) is 0 Å². The monoisotopic (exact) mass is 434 g/mol. The first-order chi connectivity index (χ1) is 14.3. The quantitative estimate of drug-likeness (QED) is 0.482. The lowest BCUT2D eigenvalue weighted by Crippen LogP contribution is -2.37. The highest BCUT2D eigenvalue weighted by atomic mass is 32.2. The van der Waals surface area contributed by atoms with Crippen LogP contribution in [0.15, 0.2) is 29.4 Å². The molecule has 0 saturated heterocycles. The van der Waals surface area contributed by atoms with Crippen LogP contribution >= 0.6 is 0 Å². The zero-order valence-corrected chi connectivity index (χ0v) is 17.6. The molecule has 1 heterocycles. The van der Waals surface area contributed by atoms with Crippen molar-refractivity contribution in [3.8, 4) is 0 Å². The van der Waals surface area contributed by atoms with Crippen molar-refractivity contribution in [2.75, 3.05) is 5.32 Å². The van der Waals surface area contributed by atoms with Gasteiger partial charge in [0, 0.05) is 18.2 Å². The first-order valence-electron chi connectivity index (χ1n) is 10.3. The van der Waals surface area contributed by atoms with Crippen molar-refractivity contribution < 1.29 is 13.3 Å². The third-order valence-corrected chi connectivity index (χ3v) is 7.36. The number of sulfonamides is 1. The smallest absolute Gasteiger partial charge is 0.293 e. The second kappa shape index (κ2) is 8.31. The number of benzene rings is 1. The fraction of sp³-hybridized carbons (Fsp3) is 0.579.